The SMILES string of the molecule is CCCN(CC)CC1(CNCC(C)C)CCOC1. The second kappa shape index (κ2) is 8.13. The van der Waals surface area contributed by atoms with Crippen LogP contribution >= 0.6 is 0 Å². The van der Waals surface area contributed by atoms with Crippen molar-refractivity contribution in [3.8, 4) is 0 Å². The standard InChI is InChI=1S/C15H32N2O/c1-5-8-17(6-2)12-15(7-9-18-13-15)11-16-10-14(3)4/h14,16H,5-13H2,1-4H3. The molecule has 1 rings (SSSR count). The number of hydrogen-bond acceptors (Lipinski definition) is 3. The van der Waals surface area contributed by atoms with E-state index in [1.807, 2.05) is 0 Å². The maximum absolute atomic E-state index is 5.67. The highest BCUT2D eigenvalue weighted by Gasteiger charge is 2.35. The molecule has 0 aliphatic carbocycles. The van der Waals surface area contributed by atoms with Crippen LogP contribution in [0.25, 0.3) is 0 Å². The van der Waals surface area contributed by atoms with Crippen molar-refractivity contribution in [3.05, 3.63) is 0 Å². The summed E-state index contributed by atoms with van der Waals surface area (Å²) in [5.74, 6) is 0.724. The number of ether oxygens (including phenoxy) is 1. The molecule has 1 aliphatic heterocycles. The average molecular weight is 256 g/mol. The maximum Gasteiger partial charge on any atom is 0.0547 e. The molecule has 18 heavy (non-hydrogen) atoms. The topological polar surface area (TPSA) is 24.5 Å². The van der Waals surface area contributed by atoms with Crippen LogP contribution < -0.4 is 5.32 Å². The van der Waals surface area contributed by atoms with Crippen molar-refractivity contribution in [3.63, 3.8) is 0 Å². The van der Waals surface area contributed by atoms with Crippen LogP contribution in [0.1, 0.15) is 40.5 Å². The molecule has 0 amide bonds. The van der Waals surface area contributed by atoms with E-state index in [2.05, 4.69) is 37.9 Å². The van der Waals surface area contributed by atoms with Crippen LogP contribution in [0, 0.1) is 11.3 Å². The molecule has 0 radical (unpaired) electrons. The lowest BCUT2D eigenvalue weighted by Gasteiger charge is -2.34. The highest BCUT2D eigenvalue weighted by atomic mass is 16.5. The van der Waals surface area contributed by atoms with Gasteiger partial charge in [0.2, 0.25) is 0 Å². The van der Waals surface area contributed by atoms with Gasteiger partial charge in [0.25, 0.3) is 0 Å². The Morgan fingerprint density at radius 2 is 2.11 bits per heavy atom. The van der Waals surface area contributed by atoms with E-state index in [1.165, 1.54) is 25.9 Å². The lowest BCUT2D eigenvalue weighted by molar-refractivity contribution is 0.110. The molecule has 1 heterocycles. The third kappa shape index (κ3) is 5.25. The van der Waals surface area contributed by atoms with Gasteiger partial charge in [-0.05, 0) is 38.4 Å². The molecule has 1 atom stereocenters. The van der Waals surface area contributed by atoms with Gasteiger partial charge < -0.3 is 15.0 Å². The molecule has 1 saturated heterocycles. The van der Waals surface area contributed by atoms with Gasteiger partial charge in [0, 0.05) is 25.1 Å². The fourth-order valence-corrected chi connectivity index (χ4v) is 2.74. The van der Waals surface area contributed by atoms with E-state index in [4.69, 9.17) is 4.74 Å². The van der Waals surface area contributed by atoms with Crippen LogP contribution in [0.3, 0.4) is 0 Å². The molecule has 0 bridgehead atoms. The molecule has 1 aliphatic rings. The van der Waals surface area contributed by atoms with Crippen molar-refractivity contribution < 1.29 is 4.74 Å². The summed E-state index contributed by atoms with van der Waals surface area (Å²) in [6, 6.07) is 0. The number of nitrogens with zero attached hydrogens (tertiary/aromatic N) is 1. The van der Waals surface area contributed by atoms with Crippen LogP contribution in [0.5, 0.6) is 0 Å². The summed E-state index contributed by atoms with van der Waals surface area (Å²) in [6.45, 7) is 16.7. The highest BCUT2D eigenvalue weighted by Crippen LogP contribution is 2.29. The number of hydrogen-bond donors (Lipinski definition) is 1. The zero-order valence-corrected chi connectivity index (χ0v) is 12.8. The van der Waals surface area contributed by atoms with Crippen molar-refractivity contribution in [1.29, 1.82) is 0 Å². The minimum absolute atomic E-state index is 0.347. The Hall–Kier alpha value is -0.120. The molecule has 0 aromatic carbocycles. The van der Waals surface area contributed by atoms with E-state index in [0.717, 1.165) is 38.8 Å². The Labute approximate surface area is 113 Å². The maximum atomic E-state index is 5.67. The largest absolute Gasteiger partial charge is 0.381 e. The summed E-state index contributed by atoms with van der Waals surface area (Å²) >= 11 is 0. The van der Waals surface area contributed by atoms with E-state index in [9.17, 15) is 0 Å². The van der Waals surface area contributed by atoms with Gasteiger partial charge in [-0.25, -0.2) is 0 Å². The normalized spacial score (nSPS) is 24.3. The van der Waals surface area contributed by atoms with Crippen LogP contribution in [0.4, 0.5) is 0 Å². The Kier molecular flexibility index (Phi) is 7.20. The van der Waals surface area contributed by atoms with Gasteiger partial charge in [0.1, 0.15) is 0 Å². The van der Waals surface area contributed by atoms with E-state index in [1.54, 1.807) is 0 Å². The predicted octanol–water partition coefficient (Wildman–Crippen LogP) is 2.37. The average Bonchev–Trinajstić information content (AvgIpc) is 2.77. The first kappa shape index (κ1) is 15.9. The van der Waals surface area contributed by atoms with Crippen molar-refractivity contribution >= 4 is 0 Å². The van der Waals surface area contributed by atoms with Crippen LogP contribution in [-0.2, 0) is 4.74 Å². The summed E-state index contributed by atoms with van der Waals surface area (Å²) in [7, 11) is 0. The molecular formula is C15H32N2O. The van der Waals surface area contributed by atoms with E-state index in [0.29, 0.717) is 5.41 Å². The Balaban J connectivity index is 2.45. The second-order valence-corrected chi connectivity index (χ2v) is 6.20. The number of rotatable bonds is 9. The first-order valence-corrected chi connectivity index (χ1v) is 7.62. The van der Waals surface area contributed by atoms with Crippen molar-refractivity contribution in [2.24, 2.45) is 11.3 Å². The first-order valence-electron chi connectivity index (χ1n) is 7.62. The van der Waals surface area contributed by atoms with Gasteiger partial charge in [-0.2, -0.15) is 0 Å². The Morgan fingerprint density at radius 1 is 1.33 bits per heavy atom. The molecule has 0 saturated carbocycles. The minimum atomic E-state index is 0.347. The molecule has 1 unspecified atom stereocenters. The quantitative estimate of drug-likeness (QED) is 0.685. The van der Waals surface area contributed by atoms with Gasteiger partial charge >= 0.3 is 0 Å². The van der Waals surface area contributed by atoms with Crippen LogP contribution in [0.15, 0.2) is 0 Å². The lowest BCUT2D eigenvalue weighted by atomic mass is 9.86. The monoisotopic (exact) mass is 256 g/mol. The van der Waals surface area contributed by atoms with Gasteiger partial charge in [0.05, 0.1) is 6.61 Å². The number of nitrogens with one attached hydrogen (secondary N) is 1. The fraction of sp³-hybridized carbons (Fsp3) is 1.00. The Bertz CT molecular complexity index is 213. The fourth-order valence-electron chi connectivity index (χ4n) is 2.74. The second-order valence-electron chi connectivity index (χ2n) is 6.20. The molecule has 1 fully saturated rings. The summed E-state index contributed by atoms with van der Waals surface area (Å²) in [5.41, 5.74) is 0.347. The third-order valence-electron chi connectivity index (χ3n) is 3.78. The lowest BCUT2D eigenvalue weighted by Crippen LogP contribution is -2.45. The summed E-state index contributed by atoms with van der Waals surface area (Å²) in [4.78, 5) is 2.58. The summed E-state index contributed by atoms with van der Waals surface area (Å²) < 4.78 is 5.67. The van der Waals surface area contributed by atoms with Gasteiger partial charge in [0.15, 0.2) is 0 Å². The predicted molar refractivity (Wildman–Crippen MR) is 78.0 cm³/mol. The van der Waals surface area contributed by atoms with Crippen LogP contribution in [0.2, 0.25) is 0 Å². The van der Waals surface area contributed by atoms with Crippen molar-refractivity contribution in [1.82, 2.24) is 10.2 Å². The zero-order valence-electron chi connectivity index (χ0n) is 12.8. The van der Waals surface area contributed by atoms with E-state index < -0.39 is 0 Å². The van der Waals surface area contributed by atoms with Gasteiger partial charge in [-0.3, -0.25) is 0 Å². The molecule has 3 heteroatoms. The smallest absolute Gasteiger partial charge is 0.0547 e. The molecule has 0 aromatic rings. The molecule has 0 spiro atoms. The molecule has 1 N–H and O–H groups in total. The van der Waals surface area contributed by atoms with E-state index >= 15 is 0 Å². The first-order chi connectivity index (χ1) is 8.62. The molecule has 108 valence electrons. The molecule has 0 aromatic heterocycles. The Morgan fingerprint density at radius 3 is 2.61 bits per heavy atom. The van der Waals surface area contributed by atoms with Gasteiger partial charge in [-0.1, -0.05) is 27.7 Å². The molecule has 3 nitrogen and oxygen atoms in total. The highest BCUT2D eigenvalue weighted by molar-refractivity contribution is 4.88. The van der Waals surface area contributed by atoms with Crippen molar-refractivity contribution in [2.45, 2.75) is 40.5 Å². The van der Waals surface area contributed by atoms with Crippen LogP contribution in [-0.4, -0.2) is 50.8 Å². The van der Waals surface area contributed by atoms with E-state index in [-0.39, 0.29) is 0 Å². The van der Waals surface area contributed by atoms with Gasteiger partial charge in [-0.15, -0.1) is 0 Å². The summed E-state index contributed by atoms with van der Waals surface area (Å²) in [5, 5.41) is 3.63. The molecular weight excluding hydrogens is 224 g/mol. The summed E-state index contributed by atoms with van der Waals surface area (Å²) in [6.07, 6.45) is 2.45. The third-order valence-corrected chi connectivity index (χ3v) is 3.78. The zero-order chi connectivity index (χ0) is 13.4. The van der Waals surface area contributed by atoms with Crippen molar-refractivity contribution in [2.75, 3.05) is 45.9 Å². The minimum Gasteiger partial charge on any atom is -0.381 e.